The zero-order valence-electron chi connectivity index (χ0n) is 11.7. The van der Waals surface area contributed by atoms with Crippen LogP contribution in [0.4, 0.5) is 0 Å². The molecule has 1 heterocycles. The number of hydrogen-bond acceptors (Lipinski definition) is 4. The molecule has 0 aromatic rings. The Morgan fingerprint density at radius 2 is 1.94 bits per heavy atom. The lowest BCUT2D eigenvalue weighted by molar-refractivity contribution is -0.120. The number of rotatable bonds is 7. The lowest BCUT2D eigenvalue weighted by atomic mass is 10.0. The maximum Gasteiger partial charge on any atom is 0.169 e. The van der Waals surface area contributed by atoms with Crippen LogP contribution in [0.1, 0.15) is 33.1 Å². The summed E-state index contributed by atoms with van der Waals surface area (Å²) in [5.74, 6) is 0. The van der Waals surface area contributed by atoms with Gasteiger partial charge >= 0.3 is 0 Å². The lowest BCUT2D eigenvalue weighted by Crippen LogP contribution is -2.48. The van der Waals surface area contributed by atoms with Gasteiger partial charge in [-0.05, 0) is 33.2 Å². The van der Waals surface area contributed by atoms with Crippen LogP contribution in [-0.4, -0.2) is 57.1 Å². The molecular weight excluding hydrogens is 216 g/mol. The molecule has 0 amide bonds. The summed E-state index contributed by atoms with van der Waals surface area (Å²) >= 11 is 0. The van der Waals surface area contributed by atoms with Gasteiger partial charge in [0.2, 0.25) is 0 Å². The van der Waals surface area contributed by atoms with Gasteiger partial charge in [0.05, 0.1) is 0 Å². The minimum Gasteiger partial charge on any atom is -0.355 e. The summed E-state index contributed by atoms with van der Waals surface area (Å²) in [6.45, 7) is 7.54. The molecule has 102 valence electrons. The Kier molecular flexibility index (Phi) is 7.04. The van der Waals surface area contributed by atoms with Crippen molar-refractivity contribution in [2.45, 2.75) is 51.5 Å². The molecule has 17 heavy (non-hydrogen) atoms. The van der Waals surface area contributed by atoms with E-state index >= 15 is 0 Å². The number of hydrogen-bond donors (Lipinski definition) is 1. The summed E-state index contributed by atoms with van der Waals surface area (Å²) in [6, 6.07) is 1.15. The Hall–Kier alpha value is -0.160. The third kappa shape index (κ3) is 5.34. The zero-order valence-corrected chi connectivity index (χ0v) is 11.7. The smallest absolute Gasteiger partial charge is 0.169 e. The molecule has 1 saturated heterocycles. The second-order valence-corrected chi connectivity index (χ2v) is 5.10. The molecule has 1 aliphatic heterocycles. The normalized spacial score (nSPS) is 21.7. The summed E-state index contributed by atoms with van der Waals surface area (Å²) in [5, 5.41) is 3.59. The van der Waals surface area contributed by atoms with E-state index in [1.165, 1.54) is 19.3 Å². The van der Waals surface area contributed by atoms with Crippen LogP contribution in [0.3, 0.4) is 0 Å². The van der Waals surface area contributed by atoms with Crippen LogP contribution >= 0.6 is 0 Å². The van der Waals surface area contributed by atoms with E-state index in [4.69, 9.17) is 9.47 Å². The van der Waals surface area contributed by atoms with E-state index in [0.717, 1.165) is 19.6 Å². The summed E-state index contributed by atoms with van der Waals surface area (Å²) in [4.78, 5) is 2.43. The summed E-state index contributed by atoms with van der Waals surface area (Å²) < 4.78 is 10.6. The number of nitrogens with one attached hydrogen (secondary N) is 1. The fourth-order valence-corrected chi connectivity index (χ4v) is 2.30. The monoisotopic (exact) mass is 244 g/mol. The van der Waals surface area contributed by atoms with Gasteiger partial charge < -0.3 is 14.8 Å². The summed E-state index contributed by atoms with van der Waals surface area (Å²) in [5.41, 5.74) is 0. The van der Waals surface area contributed by atoms with Crippen molar-refractivity contribution >= 4 is 0 Å². The standard InChI is InChI=1S/C13H28N2O2/c1-11(2)15(10-13(16-3)17-4)9-12-7-5-6-8-14-12/h11-14H,5-10H2,1-4H3. The SMILES string of the molecule is COC(CN(CC1CCCCN1)C(C)C)OC. The Bertz CT molecular complexity index is 190. The van der Waals surface area contributed by atoms with Crippen molar-refractivity contribution in [3.63, 3.8) is 0 Å². The quantitative estimate of drug-likeness (QED) is 0.687. The average molecular weight is 244 g/mol. The van der Waals surface area contributed by atoms with E-state index in [0.29, 0.717) is 12.1 Å². The predicted octanol–water partition coefficient (Wildman–Crippen LogP) is 1.46. The first-order valence-electron chi connectivity index (χ1n) is 6.70. The van der Waals surface area contributed by atoms with E-state index in [2.05, 4.69) is 24.1 Å². The largest absolute Gasteiger partial charge is 0.355 e. The van der Waals surface area contributed by atoms with E-state index in [-0.39, 0.29) is 6.29 Å². The van der Waals surface area contributed by atoms with Crippen molar-refractivity contribution < 1.29 is 9.47 Å². The molecule has 1 unspecified atom stereocenters. The molecule has 0 aromatic heterocycles. The first-order chi connectivity index (χ1) is 8.17. The highest BCUT2D eigenvalue weighted by Crippen LogP contribution is 2.11. The second kappa shape index (κ2) is 8.03. The van der Waals surface area contributed by atoms with Crippen molar-refractivity contribution in [3.8, 4) is 0 Å². The second-order valence-electron chi connectivity index (χ2n) is 5.10. The number of nitrogens with zero attached hydrogens (tertiary/aromatic N) is 1. The molecule has 4 nitrogen and oxygen atoms in total. The topological polar surface area (TPSA) is 33.7 Å². The first-order valence-corrected chi connectivity index (χ1v) is 6.70. The molecule has 1 atom stereocenters. The van der Waals surface area contributed by atoms with Crippen molar-refractivity contribution in [1.29, 1.82) is 0 Å². The highest BCUT2D eigenvalue weighted by molar-refractivity contribution is 4.78. The van der Waals surface area contributed by atoms with Crippen LogP contribution in [-0.2, 0) is 9.47 Å². The van der Waals surface area contributed by atoms with Gasteiger partial charge in [-0.15, -0.1) is 0 Å². The molecule has 1 fully saturated rings. The fraction of sp³-hybridized carbons (Fsp3) is 1.00. The first kappa shape index (κ1) is 14.9. The molecule has 0 saturated carbocycles. The lowest BCUT2D eigenvalue weighted by Gasteiger charge is -2.34. The molecule has 0 radical (unpaired) electrons. The Morgan fingerprint density at radius 1 is 1.24 bits per heavy atom. The molecule has 0 aromatic carbocycles. The van der Waals surface area contributed by atoms with Crippen LogP contribution in [0.15, 0.2) is 0 Å². The molecule has 1 N–H and O–H groups in total. The number of piperidine rings is 1. The van der Waals surface area contributed by atoms with E-state index in [1.54, 1.807) is 14.2 Å². The van der Waals surface area contributed by atoms with Crippen LogP contribution in [0.2, 0.25) is 0 Å². The van der Waals surface area contributed by atoms with Crippen molar-refractivity contribution in [2.24, 2.45) is 0 Å². The van der Waals surface area contributed by atoms with Gasteiger partial charge in [-0.1, -0.05) is 6.42 Å². The van der Waals surface area contributed by atoms with E-state index in [9.17, 15) is 0 Å². The number of ether oxygens (including phenoxy) is 2. The average Bonchev–Trinajstić information content (AvgIpc) is 2.35. The molecular formula is C13H28N2O2. The van der Waals surface area contributed by atoms with Crippen molar-refractivity contribution in [1.82, 2.24) is 10.2 Å². The number of methoxy groups -OCH3 is 2. The Morgan fingerprint density at radius 3 is 2.41 bits per heavy atom. The molecule has 0 bridgehead atoms. The van der Waals surface area contributed by atoms with Crippen LogP contribution in [0.5, 0.6) is 0 Å². The molecule has 0 spiro atoms. The Labute approximate surface area is 106 Å². The van der Waals surface area contributed by atoms with E-state index < -0.39 is 0 Å². The van der Waals surface area contributed by atoms with Gasteiger partial charge in [0.1, 0.15) is 0 Å². The minimum absolute atomic E-state index is 0.124. The van der Waals surface area contributed by atoms with Gasteiger partial charge in [-0.3, -0.25) is 4.90 Å². The zero-order chi connectivity index (χ0) is 12.7. The van der Waals surface area contributed by atoms with Crippen LogP contribution in [0.25, 0.3) is 0 Å². The molecule has 4 heteroatoms. The maximum atomic E-state index is 5.28. The van der Waals surface area contributed by atoms with Crippen LogP contribution in [0, 0.1) is 0 Å². The fourth-order valence-electron chi connectivity index (χ4n) is 2.30. The van der Waals surface area contributed by atoms with Gasteiger partial charge in [-0.2, -0.15) is 0 Å². The van der Waals surface area contributed by atoms with Crippen molar-refractivity contribution in [2.75, 3.05) is 33.9 Å². The molecule has 0 aliphatic carbocycles. The van der Waals surface area contributed by atoms with Gasteiger partial charge in [0.25, 0.3) is 0 Å². The predicted molar refractivity (Wildman–Crippen MR) is 70.2 cm³/mol. The van der Waals surface area contributed by atoms with Crippen molar-refractivity contribution in [3.05, 3.63) is 0 Å². The van der Waals surface area contributed by atoms with Gasteiger partial charge in [-0.25, -0.2) is 0 Å². The summed E-state index contributed by atoms with van der Waals surface area (Å²) in [7, 11) is 3.40. The van der Waals surface area contributed by atoms with Crippen LogP contribution < -0.4 is 5.32 Å². The maximum absolute atomic E-state index is 5.28. The van der Waals surface area contributed by atoms with Gasteiger partial charge in [0.15, 0.2) is 6.29 Å². The third-order valence-electron chi connectivity index (χ3n) is 3.51. The highest BCUT2D eigenvalue weighted by Gasteiger charge is 2.21. The molecule has 1 rings (SSSR count). The van der Waals surface area contributed by atoms with E-state index in [1.807, 2.05) is 0 Å². The molecule has 1 aliphatic rings. The third-order valence-corrected chi connectivity index (χ3v) is 3.51. The summed E-state index contributed by atoms with van der Waals surface area (Å²) in [6.07, 6.45) is 3.83. The van der Waals surface area contributed by atoms with Gasteiger partial charge in [0, 0.05) is 39.4 Å². The Balaban J connectivity index is 2.41. The highest BCUT2D eigenvalue weighted by atomic mass is 16.7. The minimum atomic E-state index is -0.124.